The van der Waals surface area contributed by atoms with Gasteiger partial charge in [-0.05, 0) is 46.0 Å². The molecule has 1 fully saturated rings. The maximum Gasteiger partial charge on any atom is 0.161 e. The van der Waals surface area contributed by atoms with Gasteiger partial charge < -0.3 is 9.47 Å². The number of ketones is 1. The molecule has 3 nitrogen and oxygen atoms in total. The number of hydrogen-bond acceptors (Lipinski definition) is 3. The van der Waals surface area contributed by atoms with Gasteiger partial charge in [0, 0.05) is 20.1 Å². The van der Waals surface area contributed by atoms with Crippen molar-refractivity contribution in [2.24, 2.45) is 5.92 Å². The van der Waals surface area contributed by atoms with E-state index in [-0.39, 0.29) is 17.5 Å². The number of Topliss-reactive ketones (excluding diaryl/α,β-unsaturated/α-hetero) is 1. The van der Waals surface area contributed by atoms with Crippen LogP contribution in [0.15, 0.2) is 0 Å². The topological polar surface area (TPSA) is 35.5 Å². The van der Waals surface area contributed by atoms with Crippen LogP contribution in [0.2, 0.25) is 0 Å². The van der Waals surface area contributed by atoms with Crippen molar-refractivity contribution in [1.82, 2.24) is 0 Å². The monoisotopic (exact) mass is 228 g/mol. The molecule has 0 radical (unpaired) electrons. The van der Waals surface area contributed by atoms with E-state index in [0.717, 1.165) is 19.3 Å². The van der Waals surface area contributed by atoms with Crippen molar-refractivity contribution in [2.75, 3.05) is 13.7 Å². The first-order valence-corrected chi connectivity index (χ1v) is 6.19. The smallest absolute Gasteiger partial charge is 0.161 e. The number of rotatable bonds is 8. The molecule has 0 saturated heterocycles. The summed E-state index contributed by atoms with van der Waals surface area (Å²) in [6, 6.07) is 0. The van der Waals surface area contributed by atoms with E-state index < -0.39 is 0 Å². The standard InChI is InChI=1S/C13H24O3/c1-5-16-12(10-6-7-10)11(14)8-9-13(2,3)15-4/h10,12H,5-9H2,1-4H3. The molecule has 0 bridgehead atoms. The summed E-state index contributed by atoms with van der Waals surface area (Å²) in [5.74, 6) is 0.729. The van der Waals surface area contributed by atoms with Gasteiger partial charge in [0.1, 0.15) is 6.10 Å². The Morgan fingerprint density at radius 1 is 1.44 bits per heavy atom. The van der Waals surface area contributed by atoms with E-state index in [1.54, 1.807) is 7.11 Å². The first kappa shape index (κ1) is 13.7. The number of methoxy groups -OCH3 is 1. The Labute approximate surface area is 98.5 Å². The predicted octanol–water partition coefficient (Wildman–Crippen LogP) is 2.58. The van der Waals surface area contributed by atoms with Gasteiger partial charge in [-0.15, -0.1) is 0 Å². The molecule has 1 rings (SSSR count). The fourth-order valence-corrected chi connectivity index (χ4v) is 1.74. The molecule has 0 aliphatic heterocycles. The second-order valence-electron chi connectivity index (χ2n) is 5.14. The van der Waals surface area contributed by atoms with Gasteiger partial charge in [-0.2, -0.15) is 0 Å². The van der Waals surface area contributed by atoms with Gasteiger partial charge in [0.05, 0.1) is 5.60 Å². The van der Waals surface area contributed by atoms with Crippen LogP contribution in [0.4, 0.5) is 0 Å². The quantitative estimate of drug-likeness (QED) is 0.640. The molecular weight excluding hydrogens is 204 g/mol. The Morgan fingerprint density at radius 2 is 2.06 bits per heavy atom. The zero-order valence-electron chi connectivity index (χ0n) is 10.9. The Bertz CT molecular complexity index is 231. The Kier molecular flexibility index (Phi) is 4.93. The highest BCUT2D eigenvalue weighted by molar-refractivity contribution is 5.83. The molecule has 94 valence electrons. The number of hydrogen-bond donors (Lipinski definition) is 0. The summed E-state index contributed by atoms with van der Waals surface area (Å²) in [5.41, 5.74) is -0.212. The maximum absolute atomic E-state index is 12.0. The molecule has 0 aromatic heterocycles. The molecule has 1 aliphatic carbocycles. The summed E-state index contributed by atoms with van der Waals surface area (Å²) < 4.78 is 10.8. The molecule has 0 spiro atoms. The van der Waals surface area contributed by atoms with Crippen molar-refractivity contribution >= 4 is 5.78 Å². The first-order valence-electron chi connectivity index (χ1n) is 6.19. The van der Waals surface area contributed by atoms with E-state index in [1.807, 2.05) is 20.8 Å². The molecule has 0 amide bonds. The van der Waals surface area contributed by atoms with Gasteiger partial charge in [0.2, 0.25) is 0 Å². The largest absolute Gasteiger partial charge is 0.379 e. The molecule has 16 heavy (non-hydrogen) atoms. The van der Waals surface area contributed by atoms with Crippen LogP contribution < -0.4 is 0 Å². The van der Waals surface area contributed by atoms with E-state index in [0.29, 0.717) is 18.9 Å². The van der Waals surface area contributed by atoms with E-state index in [1.165, 1.54) is 0 Å². The van der Waals surface area contributed by atoms with Gasteiger partial charge in [-0.25, -0.2) is 0 Å². The molecule has 0 heterocycles. The summed E-state index contributed by atoms with van der Waals surface area (Å²) >= 11 is 0. The van der Waals surface area contributed by atoms with Crippen molar-refractivity contribution in [3.8, 4) is 0 Å². The lowest BCUT2D eigenvalue weighted by Crippen LogP contribution is -2.30. The average molecular weight is 228 g/mol. The summed E-state index contributed by atoms with van der Waals surface area (Å²) in [4.78, 5) is 12.0. The molecule has 0 aromatic carbocycles. The second kappa shape index (κ2) is 5.78. The SMILES string of the molecule is CCOC(C(=O)CCC(C)(C)OC)C1CC1. The van der Waals surface area contributed by atoms with Gasteiger partial charge in [-0.1, -0.05) is 0 Å². The molecule has 0 aromatic rings. The van der Waals surface area contributed by atoms with Gasteiger partial charge in [0.15, 0.2) is 5.78 Å². The minimum absolute atomic E-state index is 0.155. The fraction of sp³-hybridized carbons (Fsp3) is 0.923. The van der Waals surface area contributed by atoms with Gasteiger partial charge in [-0.3, -0.25) is 4.79 Å². The molecular formula is C13H24O3. The normalized spacial score (nSPS) is 18.5. The van der Waals surface area contributed by atoms with Crippen molar-refractivity contribution in [1.29, 1.82) is 0 Å². The van der Waals surface area contributed by atoms with Crippen LogP contribution in [-0.4, -0.2) is 31.2 Å². The summed E-state index contributed by atoms with van der Waals surface area (Å²) in [7, 11) is 1.69. The van der Waals surface area contributed by atoms with Crippen LogP contribution in [-0.2, 0) is 14.3 Å². The lowest BCUT2D eigenvalue weighted by molar-refractivity contribution is -0.133. The van der Waals surface area contributed by atoms with Crippen molar-refractivity contribution in [2.45, 2.75) is 58.2 Å². The Balaban J connectivity index is 2.37. The third-order valence-electron chi connectivity index (χ3n) is 3.24. The van der Waals surface area contributed by atoms with Crippen LogP contribution in [0.5, 0.6) is 0 Å². The Morgan fingerprint density at radius 3 is 2.50 bits per heavy atom. The zero-order chi connectivity index (χ0) is 12.2. The summed E-state index contributed by atoms with van der Waals surface area (Å²) in [6.07, 6.45) is 3.45. The second-order valence-corrected chi connectivity index (χ2v) is 5.14. The van der Waals surface area contributed by atoms with Crippen LogP contribution in [0.25, 0.3) is 0 Å². The number of carbonyl (C=O) groups excluding carboxylic acids is 1. The van der Waals surface area contributed by atoms with Crippen LogP contribution in [0, 0.1) is 5.92 Å². The van der Waals surface area contributed by atoms with E-state index >= 15 is 0 Å². The minimum atomic E-state index is -0.212. The minimum Gasteiger partial charge on any atom is -0.379 e. The van der Waals surface area contributed by atoms with Crippen LogP contribution in [0.1, 0.15) is 46.5 Å². The van der Waals surface area contributed by atoms with E-state index in [2.05, 4.69) is 0 Å². The number of ether oxygens (including phenoxy) is 2. The fourth-order valence-electron chi connectivity index (χ4n) is 1.74. The van der Waals surface area contributed by atoms with E-state index in [4.69, 9.17) is 9.47 Å². The third-order valence-corrected chi connectivity index (χ3v) is 3.24. The average Bonchev–Trinajstić information content (AvgIpc) is 3.06. The highest BCUT2D eigenvalue weighted by Crippen LogP contribution is 2.35. The van der Waals surface area contributed by atoms with Gasteiger partial charge in [0.25, 0.3) is 0 Å². The van der Waals surface area contributed by atoms with Crippen molar-refractivity contribution < 1.29 is 14.3 Å². The lowest BCUT2D eigenvalue weighted by atomic mass is 9.97. The highest BCUT2D eigenvalue weighted by atomic mass is 16.5. The molecule has 1 atom stereocenters. The molecule has 0 N–H and O–H groups in total. The predicted molar refractivity (Wildman–Crippen MR) is 63.5 cm³/mol. The first-order chi connectivity index (χ1) is 7.50. The summed E-state index contributed by atoms with van der Waals surface area (Å²) in [6.45, 7) is 6.59. The van der Waals surface area contributed by atoms with Crippen LogP contribution >= 0.6 is 0 Å². The third kappa shape index (κ3) is 4.22. The summed E-state index contributed by atoms with van der Waals surface area (Å²) in [5, 5.41) is 0. The highest BCUT2D eigenvalue weighted by Gasteiger charge is 2.36. The Hall–Kier alpha value is -0.410. The number of carbonyl (C=O) groups is 1. The molecule has 1 saturated carbocycles. The van der Waals surface area contributed by atoms with E-state index in [9.17, 15) is 4.79 Å². The zero-order valence-corrected chi connectivity index (χ0v) is 10.9. The van der Waals surface area contributed by atoms with Crippen LogP contribution in [0.3, 0.4) is 0 Å². The van der Waals surface area contributed by atoms with Crippen molar-refractivity contribution in [3.05, 3.63) is 0 Å². The molecule has 1 unspecified atom stereocenters. The lowest BCUT2D eigenvalue weighted by Gasteiger charge is -2.23. The molecule has 1 aliphatic rings. The van der Waals surface area contributed by atoms with Gasteiger partial charge >= 0.3 is 0 Å². The maximum atomic E-state index is 12.0. The van der Waals surface area contributed by atoms with Crippen molar-refractivity contribution in [3.63, 3.8) is 0 Å². The molecule has 3 heteroatoms.